The van der Waals surface area contributed by atoms with Crippen molar-refractivity contribution in [3.63, 3.8) is 0 Å². The zero-order valence-electron chi connectivity index (χ0n) is 12.3. The fourth-order valence-electron chi connectivity index (χ4n) is 1.74. The quantitative estimate of drug-likeness (QED) is 0.869. The van der Waals surface area contributed by atoms with Crippen molar-refractivity contribution >= 4 is 17.7 Å². The molecule has 1 heterocycles. The van der Waals surface area contributed by atoms with Crippen LogP contribution in [0.5, 0.6) is 0 Å². The Labute approximate surface area is 135 Å². The van der Waals surface area contributed by atoms with Gasteiger partial charge >= 0.3 is 6.18 Å². The fraction of sp³-hybridized carbons (Fsp3) is 0.333. The Morgan fingerprint density at radius 1 is 1.35 bits per heavy atom. The van der Waals surface area contributed by atoms with Crippen LogP contribution in [0.2, 0.25) is 0 Å². The first-order chi connectivity index (χ1) is 10.8. The molecule has 0 aliphatic heterocycles. The molecule has 0 saturated carbocycles. The van der Waals surface area contributed by atoms with Gasteiger partial charge in [-0.25, -0.2) is 0 Å². The van der Waals surface area contributed by atoms with E-state index in [2.05, 4.69) is 5.16 Å². The Kier molecular flexibility index (Phi) is 5.70. The Bertz CT molecular complexity index is 644. The molecule has 8 heteroatoms. The van der Waals surface area contributed by atoms with Gasteiger partial charge in [-0.05, 0) is 6.92 Å². The molecule has 1 aromatic carbocycles. The summed E-state index contributed by atoms with van der Waals surface area (Å²) in [5.41, 5.74) is 1.51. The van der Waals surface area contributed by atoms with Crippen LogP contribution in [-0.4, -0.2) is 29.0 Å². The van der Waals surface area contributed by atoms with Crippen LogP contribution in [-0.2, 0) is 10.5 Å². The molecule has 4 nitrogen and oxygen atoms in total. The molecular weight excluding hydrogens is 329 g/mol. The average molecular weight is 344 g/mol. The van der Waals surface area contributed by atoms with Crippen LogP contribution in [0.15, 0.2) is 40.9 Å². The maximum Gasteiger partial charge on any atom is 0.405 e. The van der Waals surface area contributed by atoms with E-state index < -0.39 is 23.9 Å². The number of aromatic nitrogens is 1. The van der Waals surface area contributed by atoms with Gasteiger partial charge in [0.1, 0.15) is 6.54 Å². The van der Waals surface area contributed by atoms with Crippen molar-refractivity contribution in [2.24, 2.45) is 0 Å². The first kappa shape index (κ1) is 17.4. The first-order valence-corrected chi connectivity index (χ1v) is 7.87. The van der Waals surface area contributed by atoms with E-state index >= 15 is 0 Å². The fourth-order valence-corrected chi connectivity index (χ4v) is 2.53. The van der Waals surface area contributed by atoms with Gasteiger partial charge in [0.2, 0.25) is 5.91 Å². The van der Waals surface area contributed by atoms with Gasteiger partial charge in [0.25, 0.3) is 0 Å². The molecule has 2 rings (SSSR count). The van der Waals surface area contributed by atoms with Crippen molar-refractivity contribution in [1.82, 2.24) is 10.5 Å². The van der Waals surface area contributed by atoms with E-state index in [4.69, 9.17) is 4.52 Å². The van der Waals surface area contributed by atoms with Crippen LogP contribution in [0.1, 0.15) is 12.6 Å². The van der Waals surface area contributed by atoms with Crippen molar-refractivity contribution in [3.8, 4) is 11.3 Å². The number of carbonyl (C=O) groups is 1. The number of halogens is 3. The lowest BCUT2D eigenvalue weighted by molar-refractivity contribution is -0.137. The molecular formula is C15H15F3N2O2S. The second-order valence-corrected chi connectivity index (χ2v) is 6.16. The Morgan fingerprint density at radius 2 is 2.04 bits per heavy atom. The molecule has 0 aliphatic rings. The lowest BCUT2D eigenvalue weighted by Gasteiger charge is -2.12. The Balaban J connectivity index is 1.84. The van der Waals surface area contributed by atoms with Crippen molar-refractivity contribution in [3.05, 3.63) is 42.1 Å². The number of thioether (sulfide) groups is 1. The van der Waals surface area contributed by atoms with E-state index in [-0.39, 0.29) is 0 Å². The number of amides is 1. The maximum absolute atomic E-state index is 12.1. The lowest BCUT2D eigenvalue weighted by atomic mass is 10.2. The highest BCUT2D eigenvalue weighted by atomic mass is 32.2. The standard InChI is InChI=1S/C15H15F3N2O2S/c1-10(14(21)19-9-15(16,17)18)23-8-12-7-13(22-20-12)11-5-3-2-4-6-11/h2-7,10H,8-9H2,1H3,(H,19,21)/t10-/m1/s1. The Hall–Kier alpha value is -1.96. The van der Waals surface area contributed by atoms with Crippen molar-refractivity contribution < 1.29 is 22.5 Å². The predicted octanol–water partition coefficient (Wildman–Crippen LogP) is 3.64. The monoisotopic (exact) mass is 344 g/mol. The molecule has 1 N–H and O–H groups in total. The normalized spacial score (nSPS) is 12.9. The number of benzene rings is 1. The molecule has 0 unspecified atom stereocenters. The van der Waals surface area contributed by atoms with Gasteiger partial charge in [-0.15, -0.1) is 11.8 Å². The van der Waals surface area contributed by atoms with Crippen LogP contribution in [0, 0.1) is 0 Å². The molecule has 1 atom stereocenters. The molecule has 2 aromatic rings. The Morgan fingerprint density at radius 3 is 2.70 bits per heavy atom. The van der Waals surface area contributed by atoms with Crippen LogP contribution in [0.25, 0.3) is 11.3 Å². The molecule has 0 saturated heterocycles. The number of nitrogens with one attached hydrogen (secondary N) is 1. The minimum Gasteiger partial charge on any atom is -0.356 e. The van der Waals surface area contributed by atoms with E-state index in [9.17, 15) is 18.0 Å². The molecule has 124 valence electrons. The zero-order chi connectivity index (χ0) is 16.9. The summed E-state index contributed by atoms with van der Waals surface area (Å²) in [6, 6.07) is 11.1. The van der Waals surface area contributed by atoms with E-state index in [0.29, 0.717) is 17.2 Å². The SMILES string of the molecule is C[C@@H](SCc1cc(-c2ccccc2)on1)C(=O)NCC(F)(F)F. The van der Waals surface area contributed by atoms with E-state index in [0.717, 1.165) is 5.56 Å². The van der Waals surface area contributed by atoms with Gasteiger partial charge in [0.15, 0.2) is 5.76 Å². The molecule has 0 aliphatic carbocycles. The third-order valence-corrected chi connectivity index (χ3v) is 4.11. The van der Waals surface area contributed by atoms with Crippen LogP contribution >= 0.6 is 11.8 Å². The number of rotatable bonds is 6. The highest BCUT2D eigenvalue weighted by molar-refractivity contribution is 7.99. The smallest absolute Gasteiger partial charge is 0.356 e. The van der Waals surface area contributed by atoms with E-state index in [1.807, 2.05) is 35.6 Å². The molecule has 23 heavy (non-hydrogen) atoms. The minimum absolute atomic E-state index is 0.372. The second kappa shape index (κ2) is 7.54. The highest BCUT2D eigenvalue weighted by Crippen LogP contribution is 2.23. The van der Waals surface area contributed by atoms with E-state index in [1.54, 1.807) is 13.0 Å². The molecule has 0 radical (unpaired) electrons. The van der Waals surface area contributed by atoms with Gasteiger partial charge < -0.3 is 9.84 Å². The van der Waals surface area contributed by atoms with Crippen LogP contribution in [0.4, 0.5) is 13.2 Å². The summed E-state index contributed by atoms with van der Waals surface area (Å²) in [6.07, 6.45) is -4.41. The molecule has 1 amide bonds. The average Bonchev–Trinajstić information content (AvgIpc) is 2.99. The number of alkyl halides is 3. The molecule has 0 spiro atoms. The maximum atomic E-state index is 12.1. The molecule has 0 fully saturated rings. The van der Waals surface area contributed by atoms with Crippen LogP contribution < -0.4 is 5.32 Å². The second-order valence-electron chi connectivity index (χ2n) is 4.83. The van der Waals surface area contributed by atoms with Gasteiger partial charge in [0, 0.05) is 17.4 Å². The largest absolute Gasteiger partial charge is 0.405 e. The summed E-state index contributed by atoms with van der Waals surface area (Å²) in [6.45, 7) is 0.230. The van der Waals surface area contributed by atoms with Crippen molar-refractivity contribution in [1.29, 1.82) is 0 Å². The third kappa shape index (κ3) is 5.63. The zero-order valence-corrected chi connectivity index (χ0v) is 13.1. The topological polar surface area (TPSA) is 55.1 Å². The lowest BCUT2D eigenvalue weighted by Crippen LogP contribution is -2.38. The van der Waals surface area contributed by atoms with Crippen LogP contribution in [0.3, 0.4) is 0 Å². The minimum atomic E-state index is -4.41. The molecule has 0 bridgehead atoms. The highest BCUT2D eigenvalue weighted by Gasteiger charge is 2.28. The summed E-state index contributed by atoms with van der Waals surface area (Å²) in [5, 5.41) is 5.15. The number of carbonyl (C=O) groups excluding carboxylic acids is 1. The summed E-state index contributed by atoms with van der Waals surface area (Å²) in [5.74, 6) is 0.325. The third-order valence-electron chi connectivity index (χ3n) is 2.93. The van der Waals surface area contributed by atoms with E-state index in [1.165, 1.54) is 11.8 Å². The van der Waals surface area contributed by atoms with Crippen molar-refractivity contribution in [2.45, 2.75) is 24.1 Å². The summed E-state index contributed by atoms with van der Waals surface area (Å²) in [4.78, 5) is 11.6. The number of hydrogen-bond donors (Lipinski definition) is 1. The predicted molar refractivity (Wildman–Crippen MR) is 81.8 cm³/mol. The molecule has 1 aromatic heterocycles. The summed E-state index contributed by atoms with van der Waals surface area (Å²) in [7, 11) is 0. The number of nitrogens with zero attached hydrogens (tertiary/aromatic N) is 1. The van der Waals surface area contributed by atoms with Gasteiger partial charge in [-0.1, -0.05) is 35.5 Å². The first-order valence-electron chi connectivity index (χ1n) is 6.82. The van der Waals surface area contributed by atoms with Gasteiger partial charge in [-0.3, -0.25) is 4.79 Å². The van der Waals surface area contributed by atoms with Gasteiger partial charge in [-0.2, -0.15) is 13.2 Å². The number of hydrogen-bond acceptors (Lipinski definition) is 4. The van der Waals surface area contributed by atoms with Crippen molar-refractivity contribution in [2.75, 3.05) is 6.54 Å². The summed E-state index contributed by atoms with van der Waals surface area (Å²) >= 11 is 1.19. The summed E-state index contributed by atoms with van der Waals surface area (Å²) < 4.78 is 41.4. The van der Waals surface area contributed by atoms with Gasteiger partial charge in [0.05, 0.1) is 10.9 Å².